The first kappa shape index (κ1) is 20.0. The lowest BCUT2D eigenvalue weighted by atomic mass is 10.2. The van der Waals surface area contributed by atoms with Crippen molar-refractivity contribution in [3.63, 3.8) is 0 Å². The molecule has 0 N–H and O–H groups in total. The fourth-order valence-electron chi connectivity index (χ4n) is 2.93. The fraction of sp³-hybridized carbons (Fsp3) is 0.0833. The van der Waals surface area contributed by atoms with Crippen LogP contribution in [0, 0.1) is 0 Å². The molecule has 4 rings (SSSR count). The van der Waals surface area contributed by atoms with Gasteiger partial charge in [0.05, 0.1) is 25.2 Å². The molecule has 156 valence electrons. The highest BCUT2D eigenvalue weighted by Crippen LogP contribution is 2.26. The molecule has 7 nitrogen and oxygen atoms in total. The van der Waals surface area contributed by atoms with Crippen molar-refractivity contribution in [3.05, 3.63) is 88.8 Å². The van der Waals surface area contributed by atoms with Crippen molar-refractivity contribution in [1.82, 2.24) is 0 Å². The number of esters is 1. The Labute approximate surface area is 177 Å². The van der Waals surface area contributed by atoms with E-state index in [-0.39, 0.29) is 22.5 Å². The van der Waals surface area contributed by atoms with Crippen LogP contribution in [0.25, 0.3) is 11.0 Å². The van der Waals surface area contributed by atoms with Gasteiger partial charge in [-0.3, -0.25) is 4.79 Å². The van der Waals surface area contributed by atoms with Crippen LogP contribution in [0.4, 0.5) is 0 Å². The van der Waals surface area contributed by atoms with E-state index in [0.717, 1.165) is 0 Å². The van der Waals surface area contributed by atoms with Gasteiger partial charge in [0.2, 0.25) is 11.2 Å². The van der Waals surface area contributed by atoms with Gasteiger partial charge in [0, 0.05) is 12.1 Å². The molecular formula is C24H18O7. The van der Waals surface area contributed by atoms with Gasteiger partial charge in [-0.15, -0.1) is 0 Å². The van der Waals surface area contributed by atoms with Crippen molar-refractivity contribution in [1.29, 1.82) is 0 Å². The van der Waals surface area contributed by atoms with Crippen LogP contribution in [-0.4, -0.2) is 20.2 Å². The second kappa shape index (κ2) is 8.62. The van der Waals surface area contributed by atoms with Crippen LogP contribution in [0.5, 0.6) is 28.7 Å². The molecule has 3 aromatic carbocycles. The summed E-state index contributed by atoms with van der Waals surface area (Å²) in [5.74, 6) is 1.30. The van der Waals surface area contributed by atoms with Gasteiger partial charge < -0.3 is 23.4 Å². The summed E-state index contributed by atoms with van der Waals surface area (Å²) in [4.78, 5) is 25.2. The Hall–Kier alpha value is -4.26. The third kappa shape index (κ3) is 4.35. The number of carbonyl (C=O) groups excluding carboxylic acids is 1. The zero-order valence-electron chi connectivity index (χ0n) is 16.8. The highest BCUT2D eigenvalue weighted by molar-refractivity contribution is 5.92. The standard InChI is InChI=1S/C24H18O7/c1-27-16-6-3-5-15(11-16)24(26)31-19-9-10-20-21(13-19)29-14-22(23(20)25)30-18-8-4-7-17(12-18)28-2/h3-14H,1-2H3. The number of hydrogen-bond donors (Lipinski definition) is 0. The van der Waals surface area contributed by atoms with Crippen molar-refractivity contribution in [3.8, 4) is 28.7 Å². The van der Waals surface area contributed by atoms with Crippen LogP contribution in [0.1, 0.15) is 10.4 Å². The third-order valence-electron chi connectivity index (χ3n) is 4.50. The summed E-state index contributed by atoms with van der Waals surface area (Å²) in [7, 11) is 3.06. The Balaban J connectivity index is 1.58. The average Bonchev–Trinajstić information content (AvgIpc) is 2.81. The summed E-state index contributed by atoms with van der Waals surface area (Å²) in [5.41, 5.74) is 0.247. The molecule has 0 radical (unpaired) electrons. The van der Waals surface area contributed by atoms with E-state index in [9.17, 15) is 9.59 Å². The van der Waals surface area contributed by atoms with Gasteiger partial charge in [0.1, 0.15) is 34.8 Å². The van der Waals surface area contributed by atoms with E-state index in [4.69, 9.17) is 23.4 Å². The topological polar surface area (TPSA) is 84.2 Å². The minimum atomic E-state index is -0.557. The van der Waals surface area contributed by atoms with Crippen molar-refractivity contribution >= 4 is 16.9 Å². The average molecular weight is 418 g/mol. The van der Waals surface area contributed by atoms with Crippen LogP contribution >= 0.6 is 0 Å². The monoisotopic (exact) mass is 418 g/mol. The number of rotatable bonds is 6. The predicted molar refractivity (Wildman–Crippen MR) is 114 cm³/mol. The maximum Gasteiger partial charge on any atom is 0.343 e. The number of ether oxygens (including phenoxy) is 4. The summed E-state index contributed by atoms with van der Waals surface area (Å²) >= 11 is 0. The molecule has 0 aliphatic heterocycles. The molecule has 0 unspecified atom stereocenters. The first-order valence-corrected chi connectivity index (χ1v) is 9.31. The van der Waals surface area contributed by atoms with Gasteiger partial charge in [0.15, 0.2) is 0 Å². The maximum atomic E-state index is 12.8. The minimum absolute atomic E-state index is 0.0295. The Morgan fingerprint density at radius 2 is 1.52 bits per heavy atom. The molecule has 0 saturated carbocycles. The molecule has 1 aromatic heterocycles. The number of carbonyl (C=O) groups is 1. The molecule has 0 bridgehead atoms. The zero-order valence-corrected chi connectivity index (χ0v) is 16.8. The zero-order chi connectivity index (χ0) is 21.8. The Bertz CT molecular complexity index is 1310. The quantitative estimate of drug-likeness (QED) is 0.328. The van der Waals surface area contributed by atoms with E-state index in [1.54, 1.807) is 55.6 Å². The molecule has 0 fully saturated rings. The highest BCUT2D eigenvalue weighted by atomic mass is 16.5. The second-order valence-electron chi connectivity index (χ2n) is 6.49. The molecule has 7 heteroatoms. The van der Waals surface area contributed by atoms with E-state index in [1.165, 1.54) is 31.6 Å². The van der Waals surface area contributed by atoms with E-state index < -0.39 is 5.97 Å². The van der Waals surface area contributed by atoms with Crippen molar-refractivity contribution < 1.29 is 28.2 Å². The Kier molecular flexibility index (Phi) is 5.57. The number of hydrogen-bond acceptors (Lipinski definition) is 7. The van der Waals surface area contributed by atoms with Crippen molar-refractivity contribution in [2.75, 3.05) is 14.2 Å². The summed E-state index contributed by atoms with van der Waals surface area (Å²) in [6, 6.07) is 18.0. The Morgan fingerprint density at radius 3 is 2.29 bits per heavy atom. The van der Waals surface area contributed by atoms with E-state index in [2.05, 4.69) is 0 Å². The molecular weight excluding hydrogens is 400 g/mol. The predicted octanol–water partition coefficient (Wildman–Crippen LogP) is 4.82. The maximum absolute atomic E-state index is 12.8. The van der Waals surface area contributed by atoms with Crippen LogP contribution < -0.4 is 24.4 Å². The summed E-state index contributed by atoms with van der Waals surface area (Å²) in [6.07, 6.45) is 1.22. The molecule has 0 atom stereocenters. The second-order valence-corrected chi connectivity index (χ2v) is 6.49. The smallest absolute Gasteiger partial charge is 0.343 e. The first-order valence-electron chi connectivity index (χ1n) is 9.31. The summed E-state index contributed by atoms with van der Waals surface area (Å²) in [6.45, 7) is 0. The normalized spacial score (nSPS) is 10.5. The lowest BCUT2D eigenvalue weighted by Crippen LogP contribution is -2.09. The highest BCUT2D eigenvalue weighted by Gasteiger charge is 2.13. The summed E-state index contributed by atoms with van der Waals surface area (Å²) in [5, 5.41) is 0.293. The number of benzene rings is 3. The lowest BCUT2D eigenvalue weighted by molar-refractivity contribution is 0.0734. The molecule has 0 aliphatic rings. The first-order chi connectivity index (χ1) is 15.1. The van der Waals surface area contributed by atoms with Crippen molar-refractivity contribution in [2.24, 2.45) is 0 Å². The minimum Gasteiger partial charge on any atom is -0.497 e. The molecule has 1 heterocycles. The molecule has 0 aliphatic carbocycles. The number of methoxy groups -OCH3 is 2. The van der Waals surface area contributed by atoms with E-state index in [0.29, 0.717) is 28.2 Å². The van der Waals surface area contributed by atoms with Gasteiger partial charge in [-0.25, -0.2) is 4.79 Å². The summed E-state index contributed by atoms with van der Waals surface area (Å²) < 4.78 is 26.9. The van der Waals surface area contributed by atoms with Crippen LogP contribution in [0.3, 0.4) is 0 Å². The SMILES string of the molecule is COc1cccc(Oc2coc3cc(OC(=O)c4cccc(OC)c4)ccc3c2=O)c1. The molecule has 0 saturated heterocycles. The molecule has 4 aromatic rings. The lowest BCUT2D eigenvalue weighted by Gasteiger charge is -2.08. The van der Waals surface area contributed by atoms with Gasteiger partial charge >= 0.3 is 5.97 Å². The number of fused-ring (bicyclic) bond motifs is 1. The molecule has 0 amide bonds. The Morgan fingerprint density at radius 1 is 0.806 bits per heavy atom. The van der Waals surface area contributed by atoms with E-state index >= 15 is 0 Å². The largest absolute Gasteiger partial charge is 0.497 e. The van der Waals surface area contributed by atoms with E-state index in [1.807, 2.05) is 0 Å². The van der Waals surface area contributed by atoms with Gasteiger partial charge in [0.25, 0.3) is 0 Å². The van der Waals surface area contributed by atoms with Gasteiger partial charge in [-0.05, 0) is 42.5 Å². The van der Waals surface area contributed by atoms with Gasteiger partial charge in [-0.1, -0.05) is 12.1 Å². The third-order valence-corrected chi connectivity index (χ3v) is 4.50. The van der Waals surface area contributed by atoms with Crippen LogP contribution in [0.2, 0.25) is 0 Å². The van der Waals surface area contributed by atoms with Crippen molar-refractivity contribution in [2.45, 2.75) is 0 Å². The van der Waals surface area contributed by atoms with Gasteiger partial charge in [-0.2, -0.15) is 0 Å². The van der Waals surface area contributed by atoms with Crippen LogP contribution in [-0.2, 0) is 0 Å². The molecule has 0 spiro atoms. The van der Waals surface area contributed by atoms with Crippen LogP contribution in [0.15, 0.2) is 82.2 Å². The fourth-order valence-corrected chi connectivity index (χ4v) is 2.93. The molecule has 31 heavy (non-hydrogen) atoms.